The van der Waals surface area contributed by atoms with Crippen LogP contribution < -0.4 is 14.8 Å². The molecule has 106 valence electrons. The number of nitrogens with one attached hydrogen (secondary N) is 1. The fraction of sp³-hybridized carbons (Fsp3) is 0.312. The lowest BCUT2D eigenvalue weighted by Crippen LogP contribution is -2.16. The monoisotopic (exact) mass is 272 g/mol. The first-order chi connectivity index (χ1) is 9.81. The Morgan fingerprint density at radius 1 is 0.950 bits per heavy atom. The van der Waals surface area contributed by atoms with Gasteiger partial charge >= 0.3 is 0 Å². The first-order valence-corrected chi connectivity index (χ1v) is 6.63. The third-order valence-electron chi connectivity index (χ3n) is 3.08. The lowest BCUT2D eigenvalue weighted by Gasteiger charge is -2.09. The number of ether oxygens (including phenoxy) is 2. The van der Waals surface area contributed by atoms with Gasteiger partial charge in [-0.25, -0.2) is 0 Å². The van der Waals surface area contributed by atoms with E-state index in [0.717, 1.165) is 36.6 Å². The largest absolute Gasteiger partial charge is 0.497 e. The molecule has 0 saturated heterocycles. The molecule has 1 N–H and O–H groups in total. The number of nitrogens with zero attached hydrogens (tertiary/aromatic N) is 1. The molecular weight excluding hydrogens is 252 g/mol. The van der Waals surface area contributed by atoms with E-state index in [9.17, 15) is 0 Å². The summed E-state index contributed by atoms with van der Waals surface area (Å²) in [5.41, 5.74) is 2.44. The highest BCUT2D eigenvalue weighted by Crippen LogP contribution is 2.22. The SMILES string of the molecule is COc1cc(CNCCc2ccncc2)cc(OC)c1. The molecule has 0 saturated carbocycles. The predicted octanol–water partition coefficient (Wildman–Crippen LogP) is 2.43. The molecule has 2 rings (SSSR count). The summed E-state index contributed by atoms with van der Waals surface area (Å²) in [6.45, 7) is 1.71. The van der Waals surface area contributed by atoms with Crippen molar-refractivity contribution in [1.29, 1.82) is 0 Å². The molecule has 0 spiro atoms. The van der Waals surface area contributed by atoms with Crippen LogP contribution in [-0.4, -0.2) is 25.7 Å². The maximum atomic E-state index is 5.26. The zero-order chi connectivity index (χ0) is 14.2. The Morgan fingerprint density at radius 2 is 1.60 bits per heavy atom. The molecule has 0 atom stereocenters. The maximum absolute atomic E-state index is 5.26. The Hall–Kier alpha value is -2.07. The number of rotatable bonds is 7. The molecule has 0 fully saturated rings. The molecule has 4 heteroatoms. The van der Waals surface area contributed by atoms with Gasteiger partial charge in [-0.05, 0) is 48.4 Å². The Balaban J connectivity index is 1.84. The molecule has 4 nitrogen and oxygen atoms in total. The number of methoxy groups -OCH3 is 2. The van der Waals surface area contributed by atoms with Crippen molar-refractivity contribution >= 4 is 0 Å². The van der Waals surface area contributed by atoms with Crippen molar-refractivity contribution in [3.63, 3.8) is 0 Å². The minimum atomic E-state index is 0.790. The van der Waals surface area contributed by atoms with Crippen LogP contribution in [0.1, 0.15) is 11.1 Å². The standard InChI is InChI=1S/C16H20N2O2/c1-19-15-9-14(10-16(11-15)20-2)12-18-8-5-13-3-6-17-7-4-13/h3-4,6-7,9-11,18H,5,8,12H2,1-2H3. The average Bonchev–Trinajstić information content (AvgIpc) is 2.52. The van der Waals surface area contributed by atoms with Gasteiger partial charge in [0.2, 0.25) is 0 Å². The number of aromatic nitrogens is 1. The van der Waals surface area contributed by atoms with Gasteiger partial charge in [-0.1, -0.05) is 0 Å². The van der Waals surface area contributed by atoms with Crippen molar-refractivity contribution < 1.29 is 9.47 Å². The van der Waals surface area contributed by atoms with Crippen LogP contribution in [0.4, 0.5) is 0 Å². The molecule has 0 amide bonds. The molecular formula is C16H20N2O2. The summed E-state index contributed by atoms with van der Waals surface area (Å²) in [4.78, 5) is 4.01. The summed E-state index contributed by atoms with van der Waals surface area (Å²) < 4.78 is 10.5. The van der Waals surface area contributed by atoms with Crippen LogP contribution in [0.15, 0.2) is 42.7 Å². The Bertz CT molecular complexity index is 507. The zero-order valence-electron chi connectivity index (χ0n) is 11.9. The summed E-state index contributed by atoms with van der Waals surface area (Å²) in [5, 5.41) is 3.42. The van der Waals surface area contributed by atoms with E-state index in [0.29, 0.717) is 0 Å². The van der Waals surface area contributed by atoms with Gasteiger partial charge in [-0.3, -0.25) is 4.98 Å². The highest BCUT2D eigenvalue weighted by atomic mass is 16.5. The van der Waals surface area contributed by atoms with Crippen LogP contribution in [0.25, 0.3) is 0 Å². The molecule has 0 aliphatic heterocycles. The van der Waals surface area contributed by atoms with E-state index >= 15 is 0 Å². The van der Waals surface area contributed by atoms with Gasteiger partial charge in [0.05, 0.1) is 14.2 Å². The maximum Gasteiger partial charge on any atom is 0.122 e. The molecule has 0 aliphatic carbocycles. The smallest absolute Gasteiger partial charge is 0.122 e. The van der Waals surface area contributed by atoms with E-state index in [1.54, 1.807) is 14.2 Å². The third kappa shape index (κ3) is 4.24. The Morgan fingerprint density at radius 3 is 2.20 bits per heavy atom. The number of hydrogen-bond acceptors (Lipinski definition) is 4. The fourth-order valence-corrected chi connectivity index (χ4v) is 1.98. The predicted molar refractivity (Wildman–Crippen MR) is 79.2 cm³/mol. The van der Waals surface area contributed by atoms with Gasteiger partial charge in [0.15, 0.2) is 0 Å². The molecule has 1 aromatic carbocycles. The molecule has 1 heterocycles. The summed E-state index contributed by atoms with van der Waals surface area (Å²) in [5.74, 6) is 1.63. The van der Waals surface area contributed by atoms with Gasteiger partial charge in [0.1, 0.15) is 11.5 Å². The average molecular weight is 272 g/mol. The fourth-order valence-electron chi connectivity index (χ4n) is 1.98. The van der Waals surface area contributed by atoms with Crippen molar-refractivity contribution in [3.8, 4) is 11.5 Å². The minimum Gasteiger partial charge on any atom is -0.497 e. The lowest BCUT2D eigenvalue weighted by atomic mass is 10.2. The van der Waals surface area contributed by atoms with Gasteiger partial charge in [-0.2, -0.15) is 0 Å². The van der Waals surface area contributed by atoms with Crippen molar-refractivity contribution in [2.45, 2.75) is 13.0 Å². The van der Waals surface area contributed by atoms with Crippen molar-refractivity contribution in [1.82, 2.24) is 10.3 Å². The number of pyridine rings is 1. The van der Waals surface area contributed by atoms with Gasteiger partial charge < -0.3 is 14.8 Å². The topological polar surface area (TPSA) is 43.4 Å². The molecule has 20 heavy (non-hydrogen) atoms. The quantitative estimate of drug-likeness (QED) is 0.786. The lowest BCUT2D eigenvalue weighted by molar-refractivity contribution is 0.393. The van der Waals surface area contributed by atoms with Crippen LogP contribution in [0.3, 0.4) is 0 Å². The van der Waals surface area contributed by atoms with Crippen LogP contribution in [0.5, 0.6) is 11.5 Å². The van der Waals surface area contributed by atoms with Crippen molar-refractivity contribution in [3.05, 3.63) is 53.9 Å². The zero-order valence-corrected chi connectivity index (χ0v) is 11.9. The summed E-state index contributed by atoms with van der Waals surface area (Å²) in [6, 6.07) is 9.98. The van der Waals surface area contributed by atoms with Crippen LogP contribution in [0.2, 0.25) is 0 Å². The second-order valence-corrected chi connectivity index (χ2v) is 4.50. The van der Waals surface area contributed by atoms with Crippen LogP contribution in [-0.2, 0) is 13.0 Å². The van der Waals surface area contributed by atoms with E-state index in [4.69, 9.17) is 9.47 Å². The summed E-state index contributed by atoms with van der Waals surface area (Å²) >= 11 is 0. The minimum absolute atomic E-state index is 0.790. The normalized spacial score (nSPS) is 10.3. The molecule has 2 aromatic rings. The van der Waals surface area contributed by atoms with E-state index in [-0.39, 0.29) is 0 Å². The molecule has 0 unspecified atom stereocenters. The van der Waals surface area contributed by atoms with Crippen molar-refractivity contribution in [2.24, 2.45) is 0 Å². The highest BCUT2D eigenvalue weighted by molar-refractivity contribution is 5.38. The molecule has 0 bridgehead atoms. The molecule has 1 aromatic heterocycles. The van der Waals surface area contributed by atoms with Crippen LogP contribution in [0, 0.1) is 0 Å². The first-order valence-electron chi connectivity index (χ1n) is 6.63. The van der Waals surface area contributed by atoms with E-state index in [1.165, 1.54) is 5.56 Å². The summed E-state index contributed by atoms with van der Waals surface area (Å²) in [6.07, 6.45) is 4.63. The van der Waals surface area contributed by atoms with Gasteiger partial charge in [0, 0.05) is 25.0 Å². The Kier molecular flexibility index (Phi) is 5.38. The van der Waals surface area contributed by atoms with Gasteiger partial charge in [-0.15, -0.1) is 0 Å². The highest BCUT2D eigenvalue weighted by Gasteiger charge is 2.01. The number of hydrogen-bond donors (Lipinski definition) is 1. The molecule has 0 aliphatic rings. The second kappa shape index (κ2) is 7.50. The molecule has 0 radical (unpaired) electrons. The first kappa shape index (κ1) is 14.3. The number of benzene rings is 1. The van der Waals surface area contributed by atoms with E-state index in [1.807, 2.05) is 42.7 Å². The summed E-state index contributed by atoms with van der Waals surface area (Å²) in [7, 11) is 3.32. The van der Waals surface area contributed by atoms with Crippen molar-refractivity contribution in [2.75, 3.05) is 20.8 Å². The van der Waals surface area contributed by atoms with Gasteiger partial charge in [0.25, 0.3) is 0 Å². The second-order valence-electron chi connectivity index (χ2n) is 4.50. The van der Waals surface area contributed by atoms with Crippen LogP contribution >= 0.6 is 0 Å². The third-order valence-corrected chi connectivity index (χ3v) is 3.08. The van der Waals surface area contributed by atoms with E-state index in [2.05, 4.69) is 10.3 Å². The Labute approximate surface area is 119 Å². The van der Waals surface area contributed by atoms with E-state index < -0.39 is 0 Å².